The Bertz CT molecular complexity index is 658. The maximum Gasteiger partial charge on any atom is 0.311 e. The highest BCUT2D eigenvalue weighted by atomic mass is 32.2. The van der Waals surface area contributed by atoms with Crippen molar-refractivity contribution in [2.75, 3.05) is 12.8 Å². The first-order valence-electron chi connectivity index (χ1n) is 6.05. The first kappa shape index (κ1) is 15.0. The third-order valence-corrected chi connectivity index (χ3v) is 3.58. The summed E-state index contributed by atoms with van der Waals surface area (Å²) in [4.78, 5) is 18.9. The molecule has 0 radical (unpaired) electrons. The number of hydrogen-bond donors (Lipinski definition) is 1. The van der Waals surface area contributed by atoms with Gasteiger partial charge >= 0.3 is 5.69 Å². The Morgan fingerprint density at radius 2 is 2.14 bits per heavy atom. The quantitative estimate of drug-likeness (QED) is 0.392. The summed E-state index contributed by atoms with van der Waals surface area (Å²) in [5.41, 5.74) is 7.18. The lowest BCUT2D eigenvalue weighted by Crippen LogP contribution is -1.97. The van der Waals surface area contributed by atoms with Gasteiger partial charge in [0.15, 0.2) is 10.9 Å². The molecule has 0 aliphatic rings. The van der Waals surface area contributed by atoms with Crippen molar-refractivity contribution in [2.45, 2.75) is 17.8 Å². The zero-order valence-electron chi connectivity index (χ0n) is 11.6. The summed E-state index contributed by atoms with van der Waals surface area (Å²) in [5.74, 6) is 1.16. The van der Waals surface area contributed by atoms with Crippen LogP contribution in [0.4, 0.5) is 11.5 Å². The molecule has 1 aromatic carbocycles. The summed E-state index contributed by atoms with van der Waals surface area (Å²) >= 11 is 1.37. The average Bonchev–Trinajstić information content (AvgIpc) is 2.43. The number of aromatic nitrogens is 2. The van der Waals surface area contributed by atoms with E-state index in [0.29, 0.717) is 16.7 Å². The van der Waals surface area contributed by atoms with Crippen LogP contribution in [-0.4, -0.2) is 22.0 Å². The lowest BCUT2D eigenvalue weighted by molar-refractivity contribution is -0.385. The zero-order valence-corrected chi connectivity index (χ0v) is 12.4. The molecule has 1 aromatic heterocycles. The second-order valence-corrected chi connectivity index (χ2v) is 5.21. The molecule has 0 bridgehead atoms. The van der Waals surface area contributed by atoms with Crippen molar-refractivity contribution in [3.05, 3.63) is 45.6 Å². The third-order valence-electron chi connectivity index (χ3n) is 2.66. The smallest absolute Gasteiger partial charge is 0.311 e. The number of nitrogen functional groups attached to an aromatic ring is 1. The summed E-state index contributed by atoms with van der Waals surface area (Å²) in [6, 6.07) is 6.53. The molecule has 0 atom stereocenters. The molecular formula is C13H14N4O3S. The summed E-state index contributed by atoms with van der Waals surface area (Å²) < 4.78 is 4.97. The Labute approximate surface area is 125 Å². The van der Waals surface area contributed by atoms with Gasteiger partial charge in [-0.1, -0.05) is 17.8 Å². The number of nitro benzene ring substituents is 1. The Kier molecular flexibility index (Phi) is 4.59. The van der Waals surface area contributed by atoms with E-state index >= 15 is 0 Å². The molecule has 0 aliphatic carbocycles. The molecule has 0 saturated heterocycles. The second-order valence-electron chi connectivity index (χ2n) is 4.27. The van der Waals surface area contributed by atoms with Crippen LogP contribution in [0.5, 0.6) is 5.75 Å². The Morgan fingerprint density at radius 3 is 2.76 bits per heavy atom. The van der Waals surface area contributed by atoms with Gasteiger partial charge in [-0.3, -0.25) is 10.1 Å². The van der Waals surface area contributed by atoms with E-state index in [0.717, 1.165) is 11.3 Å². The maximum absolute atomic E-state index is 11.0. The summed E-state index contributed by atoms with van der Waals surface area (Å²) in [7, 11) is 1.40. The first-order valence-corrected chi connectivity index (χ1v) is 7.03. The normalized spacial score (nSPS) is 10.4. The van der Waals surface area contributed by atoms with E-state index in [2.05, 4.69) is 9.97 Å². The number of anilines is 1. The largest absolute Gasteiger partial charge is 0.490 e. The molecule has 7 nitrogen and oxygen atoms in total. The van der Waals surface area contributed by atoms with E-state index in [-0.39, 0.29) is 11.4 Å². The number of ether oxygens (including phenoxy) is 1. The van der Waals surface area contributed by atoms with E-state index in [9.17, 15) is 10.1 Å². The van der Waals surface area contributed by atoms with Crippen LogP contribution in [0.25, 0.3) is 0 Å². The fraction of sp³-hybridized carbons (Fsp3) is 0.231. The molecule has 2 rings (SSSR count). The van der Waals surface area contributed by atoms with Crippen LogP contribution in [-0.2, 0) is 5.75 Å². The molecule has 21 heavy (non-hydrogen) atoms. The number of benzene rings is 1. The van der Waals surface area contributed by atoms with Crippen LogP contribution in [0.1, 0.15) is 11.3 Å². The van der Waals surface area contributed by atoms with Crippen molar-refractivity contribution >= 4 is 23.3 Å². The van der Waals surface area contributed by atoms with E-state index in [4.69, 9.17) is 10.5 Å². The average molecular weight is 306 g/mol. The molecule has 2 aromatic rings. The van der Waals surface area contributed by atoms with Crippen molar-refractivity contribution in [1.29, 1.82) is 0 Å². The van der Waals surface area contributed by atoms with Crippen LogP contribution in [0.15, 0.2) is 29.4 Å². The molecular weight excluding hydrogens is 292 g/mol. The summed E-state index contributed by atoms with van der Waals surface area (Å²) in [5, 5.41) is 11.5. The number of nitrogens with two attached hydrogens (primary N) is 1. The Balaban J connectivity index is 2.16. The van der Waals surface area contributed by atoms with Crippen LogP contribution >= 0.6 is 11.8 Å². The molecule has 0 unspecified atom stereocenters. The zero-order chi connectivity index (χ0) is 15.4. The number of rotatable bonds is 5. The Hall–Kier alpha value is -2.35. The van der Waals surface area contributed by atoms with Crippen molar-refractivity contribution < 1.29 is 9.66 Å². The van der Waals surface area contributed by atoms with Gasteiger partial charge in [0.2, 0.25) is 0 Å². The Morgan fingerprint density at radius 1 is 1.38 bits per heavy atom. The van der Waals surface area contributed by atoms with Crippen LogP contribution in [0.2, 0.25) is 0 Å². The lowest BCUT2D eigenvalue weighted by Gasteiger charge is -2.05. The summed E-state index contributed by atoms with van der Waals surface area (Å²) in [6.07, 6.45) is 0. The van der Waals surface area contributed by atoms with Gasteiger partial charge in [-0.25, -0.2) is 9.97 Å². The minimum Gasteiger partial charge on any atom is -0.490 e. The first-order chi connectivity index (χ1) is 9.99. The van der Waals surface area contributed by atoms with E-state index in [1.54, 1.807) is 18.2 Å². The number of methoxy groups -OCH3 is 1. The minimum absolute atomic E-state index is 0.0553. The van der Waals surface area contributed by atoms with Gasteiger partial charge in [-0.15, -0.1) is 0 Å². The predicted octanol–water partition coefficient (Wildman–Crippen LogP) is 2.58. The van der Waals surface area contributed by atoms with Crippen LogP contribution in [0.3, 0.4) is 0 Å². The fourth-order valence-corrected chi connectivity index (χ4v) is 2.60. The van der Waals surface area contributed by atoms with Gasteiger partial charge in [0.1, 0.15) is 5.82 Å². The molecule has 8 heteroatoms. The molecule has 0 amide bonds. The molecule has 0 fully saturated rings. The molecule has 0 aliphatic heterocycles. The molecule has 1 heterocycles. The van der Waals surface area contributed by atoms with Crippen molar-refractivity contribution in [1.82, 2.24) is 9.97 Å². The van der Waals surface area contributed by atoms with Gasteiger partial charge in [0, 0.05) is 23.6 Å². The summed E-state index contributed by atoms with van der Waals surface area (Å²) in [6.45, 7) is 1.83. The SMILES string of the molecule is COc1ccc(CSc2nc(C)cc(N)n2)cc1[N+](=O)[O-]. The highest BCUT2D eigenvalue weighted by Gasteiger charge is 2.15. The van der Waals surface area contributed by atoms with E-state index in [1.165, 1.54) is 24.9 Å². The predicted molar refractivity (Wildman–Crippen MR) is 80.4 cm³/mol. The number of nitrogens with zero attached hydrogens (tertiary/aromatic N) is 3. The van der Waals surface area contributed by atoms with Gasteiger partial charge in [0.25, 0.3) is 0 Å². The van der Waals surface area contributed by atoms with Gasteiger partial charge in [-0.05, 0) is 18.6 Å². The van der Waals surface area contributed by atoms with E-state index in [1.807, 2.05) is 6.92 Å². The number of aryl methyl sites for hydroxylation is 1. The molecule has 2 N–H and O–H groups in total. The minimum atomic E-state index is -0.464. The number of thioether (sulfide) groups is 1. The van der Waals surface area contributed by atoms with Gasteiger partial charge in [0.05, 0.1) is 12.0 Å². The van der Waals surface area contributed by atoms with Gasteiger partial charge in [-0.2, -0.15) is 0 Å². The van der Waals surface area contributed by atoms with E-state index < -0.39 is 4.92 Å². The topological polar surface area (TPSA) is 104 Å². The fourth-order valence-electron chi connectivity index (χ4n) is 1.75. The van der Waals surface area contributed by atoms with Crippen molar-refractivity contribution in [3.8, 4) is 5.75 Å². The second kappa shape index (κ2) is 6.40. The van der Waals surface area contributed by atoms with Crippen LogP contribution in [0, 0.1) is 17.0 Å². The monoisotopic (exact) mass is 306 g/mol. The highest BCUT2D eigenvalue weighted by Crippen LogP contribution is 2.30. The highest BCUT2D eigenvalue weighted by molar-refractivity contribution is 7.98. The van der Waals surface area contributed by atoms with Gasteiger partial charge < -0.3 is 10.5 Å². The molecule has 0 saturated carbocycles. The van der Waals surface area contributed by atoms with Crippen LogP contribution < -0.4 is 10.5 Å². The standard InChI is InChI=1S/C13H14N4O3S/c1-8-5-12(14)16-13(15-8)21-7-9-3-4-11(20-2)10(6-9)17(18)19/h3-6H,7H2,1-2H3,(H2,14,15,16). The molecule has 110 valence electrons. The van der Waals surface area contributed by atoms with Crippen molar-refractivity contribution in [2.24, 2.45) is 0 Å². The third kappa shape index (κ3) is 3.82. The number of nitro groups is 1. The van der Waals surface area contributed by atoms with Crippen molar-refractivity contribution in [3.63, 3.8) is 0 Å². The maximum atomic E-state index is 11.0. The molecule has 0 spiro atoms. The lowest BCUT2D eigenvalue weighted by atomic mass is 10.2. The number of hydrogen-bond acceptors (Lipinski definition) is 7.